The second kappa shape index (κ2) is 5.75. The quantitative estimate of drug-likeness (QED) is 0.518. The maximum Gasteiger partial charge on any atom is 0.189 e. The molecule has 2 rings (SSSR count). The fourth-order valence-corrected chi connectivity index (χ4v) is 1.60. The van der Waals surface area contributed by atoms with E-state index in [1.165, 1.54) is 0 Å². The number of aromatic nitrogens is 1. The van der Waals surface area contributed by atoms with Gasteiger partial charge in [0, 0.05) is 19.5 Å². The number of benzene rings is 1. The summed E-state index contributed by atoms with van der Waals surface area (Å²) in [6, 6.07) is 12.0. The zero-order chi connectivity index (χ0) is 13.8. The number of nitrogens with zero attached hydrogens (tertiary/aromatic N) is 3. The van der Waals surface area contributed by atoms with Crippen LogP contribution >= 0.6 is 12.2 Å². The van der Waals surface area contributed by atoms with E-state index in [1.54, 1.807) is 4.90 Å². The normalized spacial score (nSPS) is 11.4. The van der Waals surface area contributed by atoms with E-state index in [-0.39, 0.29) is 0 Å². The van der Waals surface area contributed by atoms with Crippen molar-refractivity contribution in [3.05, 3.63) is 42.1 Å². The number of nitrogens with one attached hydrogen (secondary N) is 1. The first-order valence-corrected chi connectivity index (χ1v) is 6.36. The van der Waals surface area contributed by atoms with Crippen LogP contribution in [0.5, 0.6) is 0 Å². The molecule has 1 aromatic heterocycles. The van der Waals surface area contributed by atoms with Crippen LogP contribution in [0.15, 0.2) is 41.5 Å². The number of para-hydroxylation sites is 1. The Morgan fingerprint density at radius 1 is 1.21 bits per heavy atom. The minimum Gasteiger partial charge on any atom is -0.354 e. The molecule has 0 saturated carbocycles. The van der Waals surface area contributed by atoms with Crippen LogP contribution in [0, 0.1) is 0 Å². The van der Waals surface area contributed by atoms with Crippen molar-refractivity contribution in [2.45, 2.75) is 6.92 Å². The van der Waals surface area contributed by atoms with Gasteiger partial charge in [0.1, 0.15) is 0 Å². The van der Waals surface area contributed by atoms with E-state index in [0.29, 0.717) is 5.11 Å². The highest BCUT2D eigenvalue weighted by Gasteiger charge is 2.02. The zero-order valence-corrected chi connectivity index (χ0v) is 12.0. The van der Waals surface area contributed by atoms with Crippen molar-refractivity contribution in [1.82, 2.24) is 15.3 Å². The SMILES string of the molecule is C/C(=N\NC(=S)N(C)C)c1ccc2ccccc2n1. The lowest BCUT2D eigenvalue weighted by Gasteiger charge is -2.12. The molecule has 5 heteroatoms. The number of hydrogen-bond donors (Lipinski definition) is 1. The summed E-state index contributed by atoms with van der Waals surface area (Å²) in [5.41, 5.74) is 5.44. The van der Waals surface area contributed by atoms with Crippen LogP contribution in [0.3, 0.4) is 0 Å². The van der Waals surface area contributed by atoms with Gasteiger partial charge in [-0.3, -0.25) is 5.43 Å². The number of thiocarbonyl (C=S) groups is 1. The van der Waals surface area contributed by atoms with Crippen molar-refractivity contribution < 1.29 is 0 Å². The van der Waals surface area contributed by atoms with Crippen LogP contribution in [0.1, 0.15) is 12.6 Å². The molecule has 0 aliphatic heterocycles. The molecule has 0 radical (unpaired) electrons. The second-order valence-corrected chi connectivity index (χ2v) is 4.78. The minimum atomic E-state index is 0.570. The van der Waals surface area contributed by atoms with Gasteiger partial charge in [-0.05, 0) is 31.3 Å². The lowest BCUT2D eigenvalue weighted by atomic mass is 10.2. The topological polar surface area (TPSA) is 40.5 Å². The molecule has 0 saturated heterocycles. The smallest absolute Gasteiger partial charge is 0.189 e. The highest BCUT2D eigenvalue weighted by Crippen LogP contribution is 2.12. The molecule has 1 N–H and O–H groups in total. The van der Waals surface area contributed by atoms with Gasteiger partial charge in [0.2, 0.25) is 0 Å². The fourth-order valence-electron chi connectivity index (χ4n) is 1.56. The van der Waals surface area contributed by atoms with Crippen molar-refractivity contribution in [1.29, 1.82) is 0 Å². The molecule has 0 amide bonds. The summed E-state index contributed by atoms with van der Waals surface area (Å²) in [5, 5.41) is 5.93. The first-order chi connectivity index (χ1) is 9.08. The Labute approximate surface area is 118 Å². The van der Waals surface area contributed by atoms with Crippen LogP contribution < -0.4 is 5.43 Å². The van der Waals surface area contributed by atoms with Gasteiger partial charge in [0.25, 0.3) is 0 Å². The second-order valence-electron chi connectivity index (χ2n) is 4.40. The summed E-state index contributed by atoms with van der Waals surface area (Å²) >= 11 is 5.11. The lowest BCUT2D eigenvalue weighted by molar-refractivity contribution is 0.606. The van der Waals surface area contributed by atoms with Crippen molar-refractivity contribution in [2.75, 3.05) is 14.1 Å². The van der Waals surface area contributed by atoms with Gasteiger partial charge in [-0.1, -0.05) is 24.3 Å². The van der Waals surface area contributed by atoms with Gasteiger partial charge in [-0.25, -0.2) is 4.98 Å². The third kappa shape index (κ3) is 3.26. The molecular weight excluding hydrogens is 256 g/mol. The molecule has 2 aromatic rings. The first-order valence-electron chi connectivity index (χ1n) is 5.95. The van der Waals surface area contributed by atoms with Crippen molar-refractivity contribution >= 4 is 33.9 Å². The highest BCUT2D eigenvalue weighted by molar-refractivity contribution is 7.80. The Morgan fingerprint density at radius 2 is 1.95 bits per heavy atom. The van der Waals surface area contributed by atoms with Crippen LogP contribution in [0.4, 0.5) is 0 Å². The molecule has 1 heterocycles. The van der Waals surface area contributed by atoms with E-state index in [9.17, 15) is 0 Å². The van der Waals surface area contributed by atoms with Crippen molar-refractivity contribution in [3.8, 4) is 0 Å². The third-order valence-electron chi connectivity index (χ3n) is 2.69. The molecule has 0 bridgehead atoms. The fraction of sp³-hybridized carbons (Fsp3) is 0.214. The Morgan fingerprint density at radius 3 is 2.68 bits per heavy atom. The Kier molecular flexibility index (Phi) is 4.06. The largest absolute Gasteiger partial charge is 0.354 e. The van der Waals surface area contributed by atoms with Crippen LogP contribution in [0.25, 0.3) is 10.9 Å². The van der Waals surface area contributed by atoms with E-state index in [0.717, 1.165) is 22.3 Å². The molecule has 98 valence electrons. The lowest BCUT2D eigenvalue weighted by Crippen LogP contribution is -2.31. The molecule has 0 atom stereocenters. The van der Waals surface area contributed by atoms with E-state index < -0.39 is 0 Å². The summed E-state index contributed by atoms with van der Waals surface area (Å²) in [5.74, 6) is 0. The van der Waals surface area contributed by atoms with Gasteiger partial charge >= 0.3 is 0 Å². The monoisotopic (exact) mass is 272 g/mol. The molecule has 1 aromatic carbocycles. The van der Waals surface area contributed by atoms with Crippen LogP contribution in [-0.2, 0) is 0 Å². The molecule has 19 heavy (non-hydrogen) atoms. The molecular formula is C14H16N4S. The number of hydrogen-bond acceptors (Lipinski definition) is 3. The maximum absolute atomic E-state index is 5.11. The molecule has 4 nitrogen and oxygen atoms in total. The number of rotatable bonds is 2. The van der Waals surface area contributed by atoms with Crippen LogP contribution in [0.2, 0.25) is 0 Å². The molecule has 0 aliphatic rings. The molecule has 0 unspecified atom stereocenters. The van der Waals surface area contributed by atoms with Gasteiger partial charge < -0.3 is 4.90 Å². The van der Waals surface area contributed by atoms with E-state index in [1.807, 2.05) is 57.4 Å². The molecule has 0 spiro atoms. The first kappa shape index (κ1) is 13.4. The third-order valence-corrected chi connectivity index (χ3v) is 3.15. The summed E-state index contributed by atoms with van der Waals surface area (Å²) in [6.07, 6.45) is 0. The van der Waals surface area contributed by atoms with E-state index in [4.69, 9.17) is 12.2 Å². The number of fused-ring (bicyclic) bond motifs is 1. The van der Waals surface area contributed by atoms with Gasteiger partial charge in [-0.2, -0.15) is 5.10 Å². The minimum absolute atomic E-state index is 0.570. The van der Waals surface area contributed by atoms with E-state index >= 15 is 0 Å². The van der Waals surface area contributed by atoms with Crippen LogP contribution in [-0.4, -0.2) is 34.8 Å². The average molecular weight is 272 g/mol. The van der Waals surface area contributed by atoms with Crippen molar-refractivity contribution in [3.63, 3.8) is 0 Å². The Bertz CT molecular complexity index is 634. The zero-order valence-electron chi connectivity index (χ0n) is 11.2. The average Bonchev–Trinajstić information content (AvgIpc) is 2.43. The number of pyridine rings is 1. The van der Waals surface area contributed by atoms with Gasteiger partial charge in [-0.15, -0.1) is 0 Å². The summed E-state index contributed by atoms with van der Waals surface area (Å²) in [6.45, 7) is 1.91. The summed E-state index contributed by atoms with van der Waals surface area (Å²) in [4.78, 5) is 6.36. The summed E-state index contributed by atoms with van der Waals surface area (Å²) in [7, 11) is 3.74. The number of hydrazone groups is 1. The predicted octanol–water partition coefficient (Wildman–Crippen LogP) is 2.39. The standard InChI is InChI=1S/C14H16N4S/c1-10(16-17-14(19)18(2)3)12-9-8-11-6-4-5-7-13(11)15-12/h4-9H,1-3H3,(H,17,19)/b16-10+. The molecule has 0 fully saturated rings. The van der Waals surface area contributed by atoms with Crippen molar-refractivity contribution in [2.24, 2.45) is 5.10 Å². The predicted molar refractivity (Wildman–Crippen MR) is 83.4 cm³/mol. The maximum atomic E-state index is 5.11. The molecule has 0 aliphatic carbocycles. The summed E-state index contributed by atoms with van der Waals surface area (Å²) < 4.78 is 0. The van der Waals surface area contributed by atoms with Gasteiger partial charge in [0.15, 0.2) is 5.11 Å². The Hall–Kier alpha value is -2.01. The van der Waals surface area contributed by atoms with E-state index in [2.05, 4.69) is 15.5 Å². The Balaban J connectivity index is 2.23. The van der Waals surface area contributed by atoms with Gasteiger partial charge in [0.05, 0.1) is 16.9 Å². The highest BCUT2D eigenvalue weighted by atomic mass is 32.1.